The first-order valence-electron chi connectivity index (χ1n) is 5.86. The van der Waals surface area contributed by atoms with Gasteiger partial charge >= 0.3 is 5.97 Å². The molecule has 3 rings (SSSR count). The minimum Gasteiger partial charge on any atom is -0.481 e. The summed E-state index contributed by atoms with van der Waals surface area (Å²) in [7, 11) is 0. The van der Waals surface area contributed by atoms with Gasteiger partial charge in [-0.05, 0) is 55.2 Å². The minimum absolute atomic E-state index is 0.615. The van der Waals surface area contributed by atoms with Crippen molar-refractivity contribution >= 4 is 5.97 Å². The highest BCUT2D eigenvalue weighted by Crippen LogP contribution is 2.56. The molecule has 0 aromatic carbocycles. The highest BCUT2D eigenvalue weighted by Gasteiger charge is 2.55. The van der Waals surface area contributed by atoms with Gasteiger partial charge in [0.05, 0.1) is 5.41 Å². The maximum absolute atomic E-state index is 11.5. The summed E-state index contributed by atoms with van der Waals surface area (Å²) < 4.78 is 0. The van der Waals surface area contributed by atoms with Crippen molar-refractivity contribution in [1.82, 2.24) is 4.98 Å². The lowest BCUT2D eigenvalue weighted by Gasteiger charge is -2.45. The van der Waals surface area contributed by atoms with Crippen LogP contribution in [0.2, 0.25) is 0 Å². The lowest BCUT2D eigenvalue weighted by atomic mass is 9.57. The van der Waals surface area contributed by atoms with E-state index in [-0.39, 0.29) is 0 Å². The van der Waals surface area contributed by atoms with Gasteiger partial charge in [0.15, 0.2) is 0 Å². The molecule has 1 N–H and O–H groups in total. The molecular weight excluding hydrogens is 202 g/mol. The zero-order valence-electron chi connectivity index (χ0n) is 9.10. The van der Waals surface area contributed by atoms with E-state index < -0.39 is 11.4 Å². The lowest BCUT2D eigenvalue weighted by molar-refractivity contribution is -0.150. The van der Waals surface area contributed by atoms with Gasteiger partial charge in [-0.1, -0.05) is 0 Å². The zero-order chi connectivity index (χ0) is 11.2. The molecule has 1 heterocycles. The van der Waals surface area contributed by atoms with Crippen LogP contribution in [-0.4, -0.2) is 16.1 Å². The van der Waals surface area contributed by atoms with Gasteiger partial charge < -0.3 is 5.11 Å². The van der Waals surface area contributed by atoms with Crippen molar-refractivity contribution in [2.45, 2.75) is 31.1 Å². The molecule has 2 aliphatic rings. The van der Waals surface area contributed by atoms with Gasteiger partial charge in [-0.15, -0.1) is 0 Å². The topological polar surface area (TPSA) is 50.2 Å². The molecule has 84 valence electrons. The maximum atomic E-state index is 11.5. The minimum atomic E-state index is -0.671. The van der Waals surface area contributed by atoms with Crippen molar-refractivity contribution < 1.29 is 9.90 Å². The van der Waals surface area contributed by atoms with Crippen LogP contribution in [0.25, 0.3) is 0 Å². The number of carboxylic acid groups (broad SMARTS) is 1. The van der Waals surface area contributed by atoms with Gasteiger partial charge in [0.2, 0.25) is 0 Å². The van der Waals surface area contributed by atoms with E-state index in [4.69, 9.17) is 0 Å². The van der Waals surface area contributed by atoms with Gasteiger partial charge in [-0.25, -0.2) is 0 Å². The van der Waals surface area contributed by atoms with Crippen molar-refractivity contribution in [3.8, 4) is 0 Å². The lowest BCUT2D eigenvalue weighted by Crippen LogP contribution is -2.48. The Morgan fingerprint density at radius 3 is 2.38 bits per heavy atom. The third-order valence-corrected chi connectivity index (χ3v) is 4.15. The van der Waals surface area contributed by atoms with E-state index in [1.807, 2.05) is 12.1 Å². The summed E-state index contributed by atoms with van der Waals surface area (Å²) >= 11 is 0. The van der Waals surface area contributed by atoms with Crippen molar-refractivity contribution in [2.75, 3.05) is 0 Å². The number of aromatic nitrogens is 1. The normalized spacial score (nSPS) is 33.1. The molecular formula is C13H15NO2. The monoisotopic (exact) mass is 217 g/mol. The Morgan fingerprint density at radius 2 is 1.88 bits per heavy atom. The Morgan fingerprint density at radius 1 is 1.25 bits per heavy atom. The Hall–Kier alpha value is -1.38. The molecule has 1 aromatic rings. The van der Waals surface area contributed by atoms with Gasteiger partial charge in [0.1, 0.15) is 0 Å². The summed E-state index contributed by atoms with van der Waals surface area (Å²) in [6, 6.07) is 3.69. The molecule has 0 radical (unpaired) electrons. The van der Waals surface area contributed by atoms with Crippen molar-refractivity contribution in [3.05, 3.63) is 30.1 Å². The molecule has 0 bridgehead atoms. The Balaban J connectivity index is 1.85. The second-order valence-electron chi connectivity index (χ2n) is 5.13. The van der Waals surface area contributed by atoms with E-state index in [9.17, 15) is 9.90 Å². The number of hydrogen-bond acceptors (Lipinski definition) is 2. The van der Waals surface area contributed by atoms with Crippen LogP contribution in [0.3, 0.4) is 0 Å². The van der Waals surface area contributed by atoms with E-state index in [1.165, 1.54) is 12.8 Å². The van der Waals surface area contributed by atoms with Gasteiger partial charge in [-0.3, -0.25) is 9.78 Å². The van der Waals surface area contributed by atoms with Crippen molar-refractivity contribution in [3.63, 3.8) is 0 Å². The average Bonchev–Trinajstić information content (AvgIpc) is 3.01. The van der Waals surface area contributed by atoms with E-state index in [1.54, 1.807) is 12.4 Å². The highest BCUT2D eigenvalue weighted by molar-refractivity contribution is 5.82. The molecule has 2 saturated carbocycles. The first-order chi connectivity index (χ1) is 7.72. The molecule has 1 aromatic heterocycles. The van der Waals surface area contributed by atoms with Crippen molar-refractivity contribution in [1.29, 1.82) is 0 Å². The number of aliphatic carboxylic acids is 1. The van der Waals surface area contributed by atoms with Crippen LogP contribution >= 0.6 is 0 Å². The zero-order valence-corrected chi connectivity index (χ0v) is 9.10. The second kappa shape index (κ2) is 3.30. The summed E-state index contributed by atoms with van der Waals surface area (Å²) in [6.07, 6.45) is 7.61. The number of rotatable bonds is 3. The van der Waals surface area contributed by atoms with Gasteiger partial charge in [0.25, 0.3) is 0 Å². The second-order valence-corrected chi connectivity index (χ2v) is 5.13. The quantitative estimate of drug-likeness (QED) is 0.844. The summed E-state index contributed by atoms with van der Waals surface area (Å²) in [5.74, 6) is 0.786. The van der Waals surface area contributed by atoms with Gasteiger partial charge in [0, 0.05) is 12.4 Å². The molecule has 0 atom stereocenters. The molecule has 0 aliphatic heterocycles. The Labute approximate surface area is 94.5 Å². The highest BCUT2D eigenvalue weighted by atomic mass is 16.4. The van der Waals surface area contributed by atoms with E-state index in [0.717, 1.165) is 24.3 Å². The summed E-state index contributed by atoms with van der Waals surface area (Å²) in [5, 5.41) is 9.44. The van der Waals surface area contributed by atoms with Crippen LogP contribution in [-0.2, 0) is 10.2 Å². The number of pyridine rings is 1. The van der Waals surface area contributed by atoms with Gasteiger partial charge in [-0.2, -0.15) is 0 Å². The molecule has 0 spiro atoms. The Kier molecular flexibility index (Phi) is 2.03. The fourth-order valence-corrected chi connectivity index (χ4v) is 2.94. The van der Waals surface area contributed by atoms with E-state index in [2.05, 4.69) is 4.98 Å². The summed E-state index contributed by atoms with van der Waals surface area (Å²) in [6.45, 7) is 0. The molecule has 0 saturated heterocycles. The van der Waals surface area contributed by atoms with Crippen LogP contribution in [0, 0.1) is 11.8 Å². The predicted octanol–water partition coefficient (Wildman–Crippen LogP) is 2.22. The number of carbonyl (C=O) groups is 1. The van der Waals surface area contributed by atoms with Crippen LogP contribution in [0.15, 0.2) is 24.5 Å². The summed E-state index contributed by atoms with van der Waals surface area (Å²) in [5.41, 5.74) is 0.308. The first-order valence-corrected chi connectivity index (χ1v) is 5.86. The maximum Gasteiger partial charge on any atom is 0.314 e. The molecule has 0 amide bonds. The smallest absolute Gasteiger partial charge is 0.314 e. The van der Waals surface area contributed by atoms with Crippen molar-refractivity contribution in [2.24, 2.45) is 11.8 Å². The predicted molar refractivity (Wildman–Crippen MR) is 59.0 cm³/mol. The SMILES string of the molecule is O=C(O)C1(c2ccncc2)CC(C2CC2)C1. The third kappa shape index (κ3) is 1.34. The fourth-order valence-electron chi connectivity index (χ4n) is 2.94. The van der Waals surface area contributed by atoms with Crippen LogP contribution in [0.4, 0.5) is 0 Å². The molecule has 2 fully saturated rings. The number of nitrogens with zero attached hydrogens (tertiary/aromatic N) is 1. The molecule has 3 nitrogen and oxygen atoms in total. The fraction of sp³-hybridized carbons (Fsp3) is 0.538. The molecule has 0 unspecified atom stereocenters. The number of hydrogen-bond donors (Lipinski definition) is 1. The van der Waals surface area contributed by atoms with Crippen LogP contribution in [0.5, 0.6) is 0 Å². The molecule has 2 aliphatic carbocycles. The van der Waals surface area contributed by atoms with Crippen LogP contribution in [0.1, 0.15) is 31.2 Å². The summed E-state index contributed by atoms with van der Waals surface area (Å²) in [4.78, 5) is 15.4. The standard InChI is InChI=1S/C13H15NO2/c15-12(16)13(11-3-5-14-6-4-11)7-10(8-13)9-1-2-9/h3-6,9-10H,1-2,7-8H2,(H,15,16). The molecule has 16 heavy (non-hydrogen) atoms. The van der Waals surface area contributed by atoms with Crippen LogP contribution < -0.4 is 0 Å². The largest absolute Gasteiger partial charge is 0.481 e. The van der Waals surface area contributed by atoms with E-state index >= 15 is 0 Å². The van der Waals surface area contributed by atoms with E-state index in [0.29, 0.717) is 5.92 Å². The molecule has 3 heteroatoms. The average molecular weight is 217 g/mol. The Bertz CT molecular complexity index is 405. The third-order valence-electron chi connectivity index (χ3n) is 4.15. The first kappa shape index (κ1) is 9.82. The number of carboxylic acids is 1.